The van der Waals surface area contributed by atoms with Crippen molar-refractivity contribution in [3.63, 3.8) is 0 Å². The maximum Gasteiger partial charge on any atom is 0.229 e. The first-order chi connectivity index (χ1) is 9.06. The van der Waals surface area contributed by atoms with Crippen LogP contribution in [0.1, 0.15) is 25.1 Å². The Bertz CT molecular complexity index is 761. The Kier molecular flexibility index (Phi) is 2.62. The number of nitrogens with zero attached hydrogens (tertiary/aromatic N) is 3. The maximum absolute atomic E-state index is 5.82. The monoisotopic (exact) mass is 256 g/mol. The molecule has 0 bridgehead atoms. The van der Waals surface area contributed by atoms with Crippen LogP contribution < -0.4 is 5.32 Å². The van der Waals surface area contributed by atoms with E-state index in [0.29, 0.717) is 17.1 Å². The fraction of sp³-hybridized carbons (Fsp3) is 0.357. The predicted octanol–water partition coefficient (Wildman–Crippen LogP) is 3.21. The fourth-order valence-corrected chi connectivity index (χ4v) is 2.07. The van der Waals surface area contributed by atoms with Crippen molar-refractivity contribution in [2.24, 2.45) is 0 Å². The van der Waals surface area contributed by atoms with Crippen molar-refractivity contribution in [2.45, 2.75) is 33.7 Å². The van der Waals surface area contributed by atoms with E-state index in [0.717, 1.165) is 22.2 Å². The summed E-state index contributed by atoms with van der Waals surface area (Å²) in [4.78, 5) is 13.0. The van der Waals surface area contributed by atoms with Crippen molar-refractivity contribution in [1.29, 1.82) is 0 Å². The molecule has 3 aromatic rings. The van der Waals surface area contributed by atoms with Gasteiger partial charge in [-0.05, 0) is 39.3 Å². The van der Waals surface area contributed by atoms with E-state index >= 15 is 0 Å². The summed E-state index contributed by atoms with van der Waals surface area (Å²) in [7, 11) is 0. The number of fused-ring (bicyclic) bond motifs is 3. The number of rotatable bonds is 2. The lowest BCUT2D eigenvalue weighted by atomic mass is 10.2. The molecule has 0 aliphatic carbocycles. The Balaban J connectivity index is 2.33. The summed E-state index contributed by atoms with van der Waals surface area (Å²) in [5, 5.41) is 4.20. The highest BCUT2D eigenvalue weighted by Crippen LogP contribution is 2.30. The van der Waals surface area contributed by atoms with Crippen molar-refractivity contribution in [1.82, 2.24) is 15.0 Å². The molecule has 1 N–H and O–H groups in total. The van der Waals surface area contributed by atoms with Crippen LogP contribution in [0.2, 0.25) is 0 Å². The zero-order valence-corrected chi connectivity index (χ0v) is 11.5. The lowest BCUT2D eigenvalue weighted by Crippen LogP contribution is -2.11. The smallest absolute Gasteiger partial charge is 0.229 e. The molecule has 3 heterocycles. The van der Waals surface area contributed by atoms with Gasteiger partial charge >= 0.3 is 0 Å². The highest BCUT2D eigenvalue weighted by Gasteiger charge is 2.15. The van der Waals surface area contributed by atoms with Gasteiger partial charge < -0.3 is 9.73 Å². The van der Waals surface area contributed by atoms with Crippen molar-refractivity contribution < 1.29 is 4.42 Å². The lowest BCUT2D eigenvalue weighted by Gasteiger charge is -2.07. The second kappa shape index (κ2) is 4.19. The van der Waals surface area contributed by atoms with E-state index in [9.17, 15) is 0 Å². The van der Waals surface area contributed by atoms with Crippen LogP contribution in [0.5, 0.6) is 0 Å². The van der Waals surface area contributed by atoms with Crippen LogP contribution in [0.3, 0.4) is 0 Å². The summed E-state index contributed by atoms with van der Waals surface area (Å²) in [5.41, 5.74) is 4.20. The summed E-state index contributed by atoms with van der Waals surface area (Å²) in [6.45, 7) is 8.13. The second-order valence-electron chi connectivity index (χ2n) is 5.04. The van der Waals surface area contributed by atoms with Crippen LogP contribution >= 0.6 is 0 Å². The first-order valence-corrected chi connectivity index (χ1v) is 6.34. The maximum atomic E-state index is 5.82. The van der Waals surface area contributed by atoms with Crippen LogP contribution in [-0.4, -0.2) is 21.0 Å². The quantitative estimate of drug-likeness (QED) is 0.762. The van der Waals surface area contributed by atoms with E-state index in [2.05, 4.69) is 40.2 Å². The molecule has 98 valence electrons. The molecule has 0 fully saturated rings. The Morgan fingerprint density at radius 3 is 2.74 bits per heavy atom. The number of nitrogens with one attached hydrogen (secondary N) is 1. The van der Waals surface area contributed by atoms with Gasteiger partial charge in [0.1, 0.15) is 11.8 Å². The van der Waals surface area contributed by atoms with Crippen molar-refractivity contribution in [2.75, 3.05) is 5.32 Å². The number of aryl methyl sites for hydroxylation is 2. The summed E-state index contributed by atoms with van der Waals surface area (Å²) < 4.78 is 5.82. The molecule has 0 spiro atoms. The molecular weight excluding hydrogens is 240 g/mol. The molecule has 0 amide bonds. The molecule has 5 heteroatoms. The van der Waals surface area contributed by atoms with Gasteiger partial charge in [-0.25, -0.2) is 15.0 Å². The van der Waals surface area contributed by atoms with E-state index in [1.807, 2.05) is 13.8 Å². The number of hydrogen-bond acceptors (Lipinski definition) is 5. The molecule has 0 atom stereocenters. The third-order valence-corrected chi connectivity index (χ3v) is 3.11. The Hall–Kier alpha value is -2.17. The largest absolute Gasteiger partial charge is 0.432 e. The highest BCUT2D eigenvalue weighted by molar-refractivity contribution is 6.04. The molecule has 5 nitrogen and oxygen atoms in total. The molecule has 0 saturated carbocycles. The molecule has 0 unspecified atom stereocenters. The lowest BCUT2D eigenvalue weighted by molar-refractivity contribution is 0.649. The first kappa shape index (κ1) is 11.9. The van der Waals surface area contributed by atoms with Gasteiger partial charge in [0.2, 0.25) is 5.71 Å². The van der Waals surface area contributed by atoms with Gasteiger partial charge in [-0.2, -0.15) is 0 Å². The molecule has 0 radical (unpaired) electrons. The number of hydrogen-bond donors (Lipinski definition) is 1. The third-order valence-electron chi connectivity index (χ3n) is 3.11. The standard InChI is InChI=1S/C14H16N4O/c1-7(2)17-13-12-11(15-6-16-13)10-5-8(3)9(4)18-14(10)19-12/h5-7H,1-4H3,(H,15,16,17). The van der Waals surface area contributed by atoms with Gasteiger partial charge in [0, 0.05) is 11.7 Å². The highest BCUT2D eigenvalue weighted by atomic mass is 16.3. The minimum atomic E-state index is 0.280. The number of anilines is 1. The van der Waals surface area contributed by atoms with Crippen LogP contribution in [0.15, 0.2) is 16.8 Å². The zero-order valence-electron chi connectivity index (χ0n) is 11.5. The van der Waals surface area contributed by atoms with Crippen molar-refractivity contribution in [3.8, 4) is 0 Å². The number of pyridine rings is 1. The Morgan fingerprint density at radius 1 is 1.21 bits per heavy atom. The van der Waals surface area contributed by atoms with Gasteiger partial charge in [-0.1, -0.05) is 0 Å². The van der Waals surface area contributed by atoms with E-state index in [4.69, 9.17) is 4.42 Å². The van der Waals surface area contributed by atoms with Crippen LogP contribution in [0.25, 0.3) is 22.2 Å². The van der Waals surface area contributed by atoms with E-state index in [-0.39, 0.29) is 6.04 Å². The molecule has 0 saturated heterocycles. The average Bonchev–Trinajstić information content (AvgIpc) is 2.68. The molecule has 0 aliphatic rings. The van der Waals surface area contributed by atoms with Crippen LogP contribution in [0, 0.1) is 13.8 Å². The van der Waals surface area contributed by atoms with E-state index in [1.54, 1.807) is 6.33 Å². The Morgan fingerprint density at radius 2 is 2.00 bits per heavy atom. The summed E-state index contributed by atoms with van der Waals surface area (Å²) in [6.07, 6.45) is 1.55. The Labute approximate surface area is 111 Å². The van der Waals surface area contributed by atoms with Crippen LogP contribution in [-0.2, 0) is 0 Å². The SMILES string of the molecule is Cc1cc2c(nc1C)oc1c(NC(C)C)ncnc12. The van der Waals surface area contributed by atoms with Gasteiger partial charge in [0.05, 0.1) is 5.39 Å². The minimum absolute atomic E-state index is 0.280. The van der Waals surface area contributed by atoms with Crippen LogP contribution in [0.4, 0.5) is 5.82 Å². The fourth-order valence-electron chi connectivity index (χ4n) is 2.07. The summed E-state index contributed by atoms with van der Waals surface area (Å²) >= 11 is 0. The molecular formula is C14H16N4O. The molecule has 19 heavy (non-hydrogen) atoms. The van der Waals surface area contributed by atoms with E-state index < -0.39 is 0 Å². The number of furan rings is 1. The van der Waals surface area contributed by atoms with E-state index in [1.165, 1.54) is 0 Å². The molecule has 3 aromatic heterocycles. The normalized spacial score (nSPS) is 11.6. The number of aromatic nitrogens is 3. The minimum Gasteiger partial charge on any atom is -0.432 e. The second-order valence-corrected chi connectivity index (χ2v) is 5.04. The van der Waals surface area contributed by atoms with Crippen molar-refractivity contribution in [3.05, 3.63) is 23.7 Å². The van der Waals surface area contributed by atoms with Gasteiger partial charge in [-0.3, -0.25) is 0 Å². The summed E-state index contributed by atoms with van der Waals surface area (Å²) in [6, 6.07) is 2.35. The topological polar surface area (TPSA) is 63.8 Å². The molecule has 0 aliphatic heterocycles. The van der Waals surface area contributed by atoms with Gasteiger partial charge in [-0.15, -0.1) is 0 Å². The summed E-state index contributed by atoms with van der Waals surface area (Å²) in [5.74, 6) is 0.716. The van der Waals surface area contributed by atoms with Crippen molar-refractivity contribution >= 4 is 28.0 Å². The van der Waals surface area contributed by atoms with Gasteiger partial charge in [0.15, 0.2) is 11.4 Å². The van der Waals surface area contributed by atoms with Gasteiger partial charge in [0.25, 0.3) is 0 Å². The zero-order chi connectivity index (χ0) is 13.6. The third kappa shape index (κ3) is 1.91. The first-order valence-electron chi connectivity index (χ1n) is 6.34. The predicted molar refractivity (Wildman–Crippen MR) is 75.3 cm³/mol. The molecule has 0 aromatic carbocycles. The molecule has 3 rings (SSSR count). The average molecular weight is 256 g/mol.